The van der Waals surface area contributed by atoms with Crippen molar-refractivity contribution < 1.29 is 13.0 Å². The van der Waals surface area contributed by atoms with Gasteiger partial charge in [0.25, 0.3) is 10.1 Å². The summed E-state index contributed by atoms with van der Waals surface area (Å²) in [4.78, 5) is 0.0883. The summed E-state index contributed by atoms with van der Waals surface area (Å²) in [5, 5.41) is 1.44. The van der Waals surface area contributed by atoms with Crippen LogP contribution in [0.2, 0.25) is 0 Å². The summed E-state index contributed by atoms with van der Waals surface area (Å²) >= 11 is 0. The molecule has 1 N–H and O–H groups in total. The summed E-state index contributed by atoms with van der Waals surface area (Å²) < 4.78 is 34.9. The van der Waals surface area contributed by atoms with E-state index in [-0.39, 0.29) is 4.90 Å². The summed E-state index contributed by atoms with van der Waals surface area (Å²) in [6.45, 7) is 4.44. The zero-order valence-electron chi connectivity index (χ0n) is 17.3. The van der Waals surface area contributed by atoms with Crippen molar-refractivity contribution in [3.8, 4) is 0 Å². The summed E-state index contributed by atoms with van der Waals surface area (Å²) in [5.41, 5.74) is 2.87. The van der Waals surface area contributed by atoms with Gasteiger partial charge in [-0.15, -0.1) is 0 Å². The molecule has 3 aromatic carbocycles. The Labute approximate surface area is 174 Å². The Morgan fingerprint density at radius 2 is 1.59 bits per heavy atom. The molecule has 0 fully saturated rings. The molecule has 0 saturated heterocycles. The fraction of sp³-hybridized carbons (Fsp3) is 0.360. The highest BCUT2D eigenvalue weighted by atomic mass is 32.2. The molecular formula is C25H30O3S. The van der Waals surface area contributed by atoms with Gasteiger partial charge in [-0.3, -0.25) is 4.55 Å². The van der Waals surface area contributed by atoms with Crippen LogP contribution in [0.5, 0.6) is 0 Å². The molecule has 0 aliphatic heterocycles. The van der Waals surface area contributed by atoms with Gasteiger partial charge in [0.15, 0.2) is 0 Å². The van der Waals surface area contributed by atoms with Crippen LogP contribution in [0.4, 0.5) is 0 Å². The van der Waals surface area contributed by atoms with Gasteiger partial charge in [-0.25, -0.2) is 0 Å². The highest BCUT2D eigenvalue weighted by Crippen LogP contribution is 2.32. The molecule has 3 nitrogen and oxygen atoms in total. The SMILES string of the molecule is CC(C)CCCCCc1c(Cc2ccccc2)cc2ccccc2c1S(=O)(=O)O. The molecule has 0 saturated carbocycles. The Bertz CT molecular complexity index is 1050. The second-order valence-corrected chi connectivity index (χ2v) is 9.55. The van der Waals surface area contributed by atoms with E-state index < -0.39 is 10.1 Å². The number of unbranched alkanes of at least 4 members (excludes halogenated alkanes) is 2. The maximum Gasteiger partial charge on any atom is 0.295 e. The lowest BCUT2D eigenvalue weighted by atomic mass is 9.92. The Hall–Kier alpha value is -2.17. The summed E-state index contributed by atoms with van der Waals surface area (Å²) in [6.07, 6.45) is 5.59. The van der Waals surface area contributed by atoms with Gasteiger partial charge in [0.2, 0.25) is 0 Å². The van der Waals surface area contributed by atoms with Gasteiger partial charge < -0.3 is 0 Å². The molecule has 0 radical (unpaired) electrons. The van der Waals surface area contributed by atoms with Crippen LogP contribution in [0.25, 0.3) is 10.8 Å². The van der Waals surface area contributed by atoms with E-state index in [1.807, 2.05) is 36.4 Å². The monoisotopic (exact) mass is 410 g/mol. The summed E-state index contributed by atoms with van der Waals surface area (Å²) in [6, 6.07) is 19.6. The number of rotatable bonds is 9. The van der Waals surface area contributed by atoms with E-state index in [9.17, 15) is 13.0 Å². The van der Waals surface area contributed by atoms with Crippen molar-refractivity contribution in [2.24, 2.45) is 5.92 Å². The largest absolute Gasteiger partial charge is 0.295 e. The Morgan fingerprint density at radius 1 is 0.897 bits per heavy atom. The van der Waals surface area contributed by atoms with Gasteiger partial charge in [0.1, 0.15) is 4.90 Å². The fourth-order valence-corrected chi connectivity index (χ4v) is 4.99. The molecule has 0 aliphatic rings. The Kier molecular flexibility index (Phi) is 7.09. The van der Waals surface area contributed by atoms with Crippen molar-refractivity contribution in [1.82, 2.24) is 0 Å². The van der Waals surface area contributed by atoms with Gasteiger partial charge in [-0.1, -0.05) is 93.8 Å². The van der Waals surface area contributed by atoms with E-state index >= 15 is 0 Å². The molecule has 4 heteroatoms. The second-order valence-electron chi connectivity index (χ2n) is 8.20. The number of benzene rings is 3. The van der Waals surface area contributed by atoms with Crippen LogP contribution in [-0.2, 0) is 23.0 Å². The first-order chi connectivity index (χ1) is 13.9. The third-order valence-electron chi connectivity index (χ3n) is 5.40. The van der Waals surface area contributed by atoms with Crippen LogP contribution < -0.4 is 0 Å². The lowest BCUT2D eigenvalue weighted by Crippen LogP contribution is -2.09. The molecule has 0 amide bonds. The normalized spacial score (nSPS) is 12.0. The molecular weight excluding hydrogens is 380 g/mol. The quantitative estimate of drug-likeness (QED) is 0.326. The van der Waals surface area contributed by atoms with Crippen molar-refractivity contribution in [1.29, 1.82) is 0 Å². The van der Waals surface area contributed by atoms with Crippen LogP contribution in [0.1, 0.15) is 56.2 Å². The minimum absolute atomic E-state index is 0.0883. The highest BCUT2D eigenvalue weighted by molar-refractivity contribution is 7.86. The summed E-state index contributed by atoms with van der Waals surface area (Å²) in [5.74, 6) is 0.678. The molecule has 3 rings (SSSR count). The zero-order chi connectivity index (χ0) is 20.9. The van der Waals surface area contributed by atoms with Gasteiger partial charge >= 0.3 is 0 Å². The van der Waals surface area contributed by atoms with E-state index in [1.165, 1.54) is 6.42 Å². The van der Waals surface area contributed by atoms with Crippen LogP contribution in [0, 0.1) is 5.92 Å². The lowest BCUT2D eigenvalue weighted by Gasteiger charge is -2.17. The number of hydrogen-bond donors (Lipinski definition) is 1. The van der Waals surface area contributed by atoms with Crippen molar-refractivity contribution in [3.05, 3.63) is 77.4 Å². The molecule has 0 heterocycles. The van der Waals surface area contributed by atoms with Crippen molar-refractivity contribution >= 4 is 20.9 Å². The van der Waals surface area contributed by atoms with Gasteiger partial charge in [-0.05, 0) is 47.3 Å². The van der Waals surface area contributed by atoms with E-state index in [4.69, 9.17) is 0 Å². The molecule has 154 valence electrons. The van der Waals surface area contributed by atoms with Crippen molar-refractivity contribution in [3.63, 3.8) is 0 Å². The molecule has 3 aromatic rings. The predicted octanol–water partition coefficient (Wildman–Crippen LogP) is 6.44. The third kappa shape index (κ3) is 5.68. The van der Waals surface area contributed by atoms with Gasteiger partial charge in [0, 0.05) is 5.39 Å². The predicted molar refractivity (Wildman–Crippen MR) is 120 cm³/mol. The van der Waals surface area contributed by atoms with Crippen LogP contribution in [0.15, 0.2) is 65.6 Å². The fourth-order valence-electron chi connectivity index (χ4n) is 3.99. The Balaban J connectivity index is 2.04. The third-order valence-corrected chi connectivity index (χ3v) is 6.38. The zero-order valence-corrected chi connectivity index (χ0v) is 18.1. The van der Waals surface area contributed by atoms with Gasteiger partial charge in [0.05, 0.1) is 0 Å². The lowest BCUT2D eigenvalue weighted by molar-refractivity contribution is 0.482. The van der Waals surface area contributed by atoms with Crippen molar-refractivity contribution in [2.45, 2.75) is 57.3 Å². The molecule has 29 heavy (non-hydrogen) atoms. The maximum absolute atomic E-state index is 12.4. The van der Waals surface area contributed by atoms with E-state index in [0.717, 1.165) is 41.3 Å². The first kappa shape index (κ1) is 21.5. The smallest absolute Gasteiger partial charge is 0.282 e. The minimum Gasteiger partial charge on any atom is -0.282 e. The second kappa shape index (κ2) is 9.55. The van der Waals surface area contributed by atoms with Crippen LogP contribution >= 0.6 is 0 Å². The van der Waals surface area contributed by atoms with Crippen LogP contribution in [0.3, 0.4) is 0 Å². The van der Waals surface area contributed by atoms with E-state index in [1.54, 1.807) is 6.07 Å². The molecule has 0 spiro atoms. The van der Waals surface area contributed by atoms with Crippen LogP contribution in [-0.4, -0.2) is 13.0 Å². The average molecular weight is 411 g/mol. The van der Waals surface area contributed by atoms with Crippen molar-refractivity contribution in [2.75, 3.05) is 0 Å². The summed E-state index contributed by atoms with van der Waals surface area (Å²) in [7, 11) is -4.33. The first-order valence-corrected chi connectivity index (χ1v) is 11.8. The Morgan fingerprint density at radius 3 is 2.28 bits per heavy atom. The standard InChI is InChI=1S/C25H30O3S/c1-19(2)11-5-3-8-15-24-22(17-20-12-6-4-7-13-20)18-21-14-9-10-16-23(21)25(24)29(26,27)28/h4,6-7,9-10,12-14,16,18-19H,3,5,8,11,15,17H2,1-2H3,(H,26,27,28). The maximum atomic E-state index is 12.4. The van der Waals surface area contributed by atoms with E-state index in [2.05, 4.69) is 32.0 Å². The average Bonchev–Trinajstić information content (AvgIpc) is 2.67. The highest BCUT2D eigenvalue weighted by Gasteiger charge is 2.22. The van der Waals surface area contributed by atoms with Gasteiger partial charge in [-0.2, -0.15) is 8.42 Å². The topological polar surface area (TPSA) is 54.4 Å². The number of hydrogen-bond acceptors (Lipinski definition) is 2. The molecule has 0 aromatic heterocycles. The minimum atomic E-state index is -4.33. The first-order valence-electron chi connectivity index (χ1n) is 10.4. The molecule has 0 atom stereocenters. The molecule has 0 unspecified atom stereocenters. The van der Waals surface area contributed by atoms with E-state index in [0.29, 0.717) is 24.1 Å². The molecule has 0 bridgehead atoms. The number of fused-ring (bicyclic) bond motifs is 1. The molecule has 0 aliphatic carbocycles.